The SMILES string of the molecule is CCNC(=NCc1ccccc1F)NCc1sccc1C.I. The zero-order valence-corrected chi connectivity index (χ0v) is 15.9. The Bertz CT molecular complexity index is 613. The van der Waals surface area contributed by atoms with Gasteiger partial charge in [-0.15, -0.1) is 35.3 Å². The summed E-state index contributed by atoms with van der Waals surface area (Å²) in [6, 6.07) is 8.83. The highest BCUT2D eigenvalue weighted by molar-refractivity contribution is 14.0. The predicted octanol–water partition coefficient (Wildman–Crippen LogP) is 4.07. The van der Waals surface area contributed by atoms with Crippen molar-refractivity contribution < 1.29 is 4.39 Å². The molecule has 0 bridgehead atoms. The van der Waals surface area contributed by atoms with E-state index in [4.69, 9.17) is 0 Å². The zero-order valence-electron chi connectivity index (χ0n) is 12.7. The zero-order chi connectivity index (χ0) is 15.1. The number of hydrogen-bond acceptors (Lipinski definition) is 2. The van der Waals surface area contributed by atoms with Crippen molar-refractivity contribution in [3.8, 4) is 0 Å². The summed E-state index contributed by atoms with van der Waals surface area (Å²) >= 11 is 1.72. The normalized spacial score (nSPS) is 11.0. The number of benzene rings is 1. The Labute approximate surface area is 152 Å². The van der Waals surface area contributed by atoms with Gasteiger partial charge in [-0.25, -0.2) is 9.38 Å². The van der Waals surface area contributed by atoms with Crippen molar-refractivity contribution in [2.24, 2.45) is 4.99 Å². The third kappa shape index (κ3) is 5.57. The molecule has 0 amide bonds. The molecule has 0 aliphatic heterocycles. The Hall–Kier alpha value is -1.15. The van der Waals surface area contributed by atoms with Gasteiger partial charge >= 0.3 is 0 Å². The molecule has 0 atom stereocenters. The average Bonchev–Trinajstić information content (AvgIpc) is 2.89. The molecule has 22 heavy (non-hydrogen) atoms. The van der Waals surface area contributed by atoms with E-state index >= 15 is 0 Å². The summed E-state index contributed by atoms with van der Waals surface area (Å²) in [5.41, 5.74) is 1.87. The second-order valence-electron chi connectivity index (χ2n) is 4.67. The van der Waals surface area contributed by atoms with Gasteiger partial charge in [0.1, 0.15) is 5.82 Å². The van der Waals surface area contributed by atoms with Crippen molar-refractivity contribution in [2.75, 3.05) is 6.54 Å². The fourth-order valence-corrected chi connectivity index (χ4v) is 2.73. The number of aliphatic imine (C=N–C) groups is 1. The van der Waals surface area contributed by atoms with Crippen molar-refractivity contribution >= 4 is 41.3 Å². The number of hydrogen-bond donors (Lipinski definition) is 2. The van der Waals surface area contributed by atoms with Gasteiger partial charge in [-0.2, -0.15) is 0 Å². The van der Waals surface area contributed by atoms with Crippen LogP contribution in [0.15, 0.2) is 40.7 Å². The second-order valence-corrected chi connectivity index (χ2v) is 5.67. The van der Waals surface area contributed by atoms with Crippen LogP contribution in [0.4, 0.5) is 4.39 Å². The first-order chi connectivity index (χ1) is 10.2. The highest BCUT2D eigenvalue weighted by Gasteiger charge is 2.03. The van der Waals surface area contributed by atoms with Crippen LogP contribution in [-0.4, -0.2) is 12.5 Å². The smallest absolute Gasteiger partial charge is 0.191 e. The van der Waals surface area contributed by atoms with Crippen LogP contribution in [0.1, 0.15) is 22.9 Å². The molecule has 1 heterocycles. The van der Waals surface area contributed by atoms with Crippen molar-refractivity contribution in [3.05, 3.63) is 57.5 Å². The minimum Gasteiger partial charge on any atom is -0.357 e. The minimum atomic E-state index is -0.216. The Kier molecular flexibility index (Phi) is 8.40. The lowest BCUT2D eigenvalue weighted by Gasteiger charge is -2.11. The van der Waals surface area contributed by atoms with Crippen LogP contribution in [-0.2, 0) is 13.1 Å². The monoisotopic (exact) mass is 433 g/mol. The molecular weight excluding hydrogens is 412 g/mol. The third-order valence-corrected chi connectivity index (χ3v) is 4.12. The molecule has 0 saturated heterocycles. The highest BCUT2D eigenvalue weighted by Crippen LogP contribution is 2.14. The Balaban J connectivity index is 0.00000242. The van der Waals surface area contributed by atoms with Crippen molar-refractivity contribution in [1.29, 1.82) is 0 Å². The molecule has 0 spiro atoms. The lowest BCUT2D eigenvalue weighted by molar-refractivity contribution is 0.610. The van der Waals surface area contributed by atoms with E-state index in [1.807, 2.05) is 13.0 Å². The van der Waals surface area contributed by atoms with Gasteiger partial charge in [0.2, 0.25) is 0 Å². The van der Waals surface area contributed by atoms with E-state index in [1.54, 1.807) is 23.5 Å². The largest absolute Gasteiger partial charge is 0.357 e. The molecule has 0 aliphatic carbocycles. The van der Waals surface area contributed by atoms with E-state index < -0.39 is 0 Å². The van der Waals surface area contributed by atoms with E-state index in [1.165, 1.54) is 16.5 Å². The molecule has 120 valence electrons. The Morgan fingerprint density at radius 3 is 2.64 bits per heavy atom. The Morgan fingerprint density at radius 1 is 1.23 bits per heavy atom. The van der Waals surface area contributed by atoms with Crippen LogP contribution in [0.3, 0.4) is 0 Å². The standard InChI is InChI=1S/C16H20FN3S.HI/c1-3-18-16(20-11-15-12(2)8-9-21-15)19-10-13-6-4-5-7-14(13)17;/h4-9H,3,10-11H2,1-2H3,(H2,18,19,20);1H. The van der Waals surface area contributed by atoms with Crippen LogP contribution in [0.25, 0.3) is 0 Å². The highest BCUT2D eigenvalue weighted by atomic mass is 127. The van der Waals surface area contributed by atoms with Crippen LogP contribution in [0, 0.1) is 12.7 Å². The first-order valence-electron chi connectivity index (χ1n) is 6.99. The lowest BCUT2D eigenvalue weighted by atomic mass is 10.2. The summed E-state index contributed by atoms with van der Waals surface area (Å²) in [5.74, 6) is 0.486. The fraction of sp³-hybridized carbons (Fsp3) is 0.312. The lowest BCUT2D eigenvalue weighted by Crippen LogP contribution is -2.36. The van der Waals surface area contributed by atoms with Crippen LogP contribution >= 0.6 is 35.3 Å². The van der Waals surface area contributed by atoms with Gasteiger partial charge in [0, 0.05) is 17.0 Å². The molecule has 2 N–H and O–H groups in total. The molecule has 0 unspecified atom stereocenters. The third-order valence-electron chi connectivity index (χ3n) is 3.09. The molecule has 0 radical (unpaired) electrons. The molecule has 2 rings (SSSR count). The topological polar surface area (TPSA) is 36.4 Å². The van der Waals surface area contributed by atoms with Crippen molar-refractivity contribution in [2.45, 2.75) is 26.9 Å². The Morgan fingerprint density at radius 2 is 2.00 bits per heavy atom. The van der Waals surface area contributed by atoms with Crippen LogP contribution in [0.5, 0.6) is 0 Å². The maximum Gasteiger partial charge on any atom is 0.191 e. The van der Waals surface area contributed by atoms with Gasteiger partial charge < -0.3 is 10.6 Å². The first kappa shape index (κ1) is 18.9. The number of guanidine groups is 1. The summed E-state index contributed by atoms with van der Waals surface area (Å²) in [6.45, 7) is 5.93. The van der Waals surface area contributed by atoms with E-state index in [0.717, 1.165) is 13.1 Å². The second kappa shape index (κ2) is 9.78. The van der Waals surface area contributed by atoms with Gasteiger partial charge in [0.25, 0.3) is 0 Å². The number of nitrogens with one attached hydrogen (secondary N) is 2. The molecule has 1 aromatic heterocycles. The maximum absolute atomic E-state index is 13.6. The fourth-order valence-electron chi connectivity index (χ4n) is 1.88. The molecule has 0 saturated carbocycles. The average molecular weight is 433 g/mol. The van der Waals surface area contributed by atoms with Crippen molar-refractivity contribution in [1.82, 2.24) is 10.6 Å². The molecule has 1 aromatic carbocycles. The summed E-state index contributed by atoms with van der Waals surface area (Å²) in [5, 5.41) is 8.53. The number of aryl methyl sites for hydroxylation is 1. The number of rotatable bonds is 5. The van der Waals surface area contributed by atoms with Crippen molar-refractivity contribution in [3.63, 3.8) is 0 Å². The molecule has 2 aromatic rings. The molecule has 0 aliphatic rings. The van der Waals surface area contributed by atoms with Crippen LogP contribution < -0.4 is 10.6 Å². The van der Waals surface area contributed by atoms with Gasteiger partial charge in [-0.1, -0.05) is 18.2 Å². The summed E-state index contributed by atoms with van der Waals surface area (Å²) in [6.07, 6.45) is 0. The summed E-state index contributed by atoms with van der Waals surface area (Å²) in [4.78, 5) is 5.72. The number of halogens is 2. The van der Waals surface area contributed by atoms with Gasteiger partial charge in [0.05, 0.1) is 13.1 Å². The van der Waals surface area contributed by atoms with E-state index in [2.05, 4.69) is 34.0 Å². The van der Waals surface area contributed by atoms with Gasteiger partial charge in [0.15, 0.2) is 5.96 Å². The summed E-state index contributed by atoms with van der Waals surface area (Å²) < 4.78 is 13.6. The first-order valence-corrected chi connectivity index (χ1v) is 7.87. The van der Waals surface area contributed by atoms with E-state index in [-0.39, 0.29) is 29.8 Å². The number of nitrogens with zero attached hydrogens (tertiary/aromatic N) is 1. The minimum absolute atomic E-state index is 0. The van der Waals surface area contributed by atoms with E-state index in [0.29, 0.717) is 18.1 Å². The van der Waals surface area contributed by atoms with Gasteiger partial charge in [-0.3, -0.25) is 0 Å². The molecule has 0 fully saturated rings. The van der Waals surface area contributed by atoms with Crippen LogP contribution in [0.2, 0.25) is 0 Å². The number of thiophene rings is 1. The predicted molar refractivity (Wildman–Crippen MR) is 103 cm³/mol. The quantitative estimate of drug-likeness (QED) is 0.424. The summed E-state index contributed by atoms with van der Waals surface area (Å²) in [7, 11) is 0. The maximum atomic E-state index is 13.6. The molecule has 3 nitrogen and oxygen atoms in total. The van der Waals surface area contributed by atoms with Gasteiger partial charge in [-0.05, 0) is 36.9 Å². The van der Waals surface area contributed by atoms with E-state index in [9.17, 15) is 4.39 Å². The molecular formula is C16H21FIN3S. The molecule has 6 heteroatoms.